The first kappa shape index (κ1) is 22.4. The number of ether oxygens (including phenoxy) is 2. The second kappa shape index (κ2) is 9.09. The molecular formula is C17H23N3O8S. The molecule has 12 heteroatoms. The maximum absolute atomic E-state index is 12.7. The molecule has 1 amide bonds. The summed E-state index contributed by atoms with van der Waals surface area (Å²) in [5.41, 5.74) is -0.733. The summed E-state index contributed by atoms with van der Waals surface area (Å²) in [6.07, 6.45) is -0.675. The fourth-order valence-corrected chi connectivity index (χ4v) is 3.53. The zero-order chi connectivity index (χ0) is 21.7. The third-order valence-electron chi connectivity index (χ3n) is 3.48. The molecule has 2 rings (SSSR count). The number of rotatable bonds is 8. The van der Waals surface area contributed by atoms with Crippen molar-refractivity contribution in [2.24, 2.45) is 0 Å². The van der Waals surface area contributed by atoms with Gasteiger partial charge in [-0.2, -0.15) is 0 Å². The Morgan fingerprint density at radius 1 is 1.28 bits per heavy atom. The van der Waals surface area contributed by atoms with E-state index in [0.29, 0.717) is 0 Å². The molecule has 1 aromatic heterocycles. The van der Waals surface area contributed by atoms with E-state index < -0.39 is 32.4 Å². The molecule has 0 saturated carbocycles. The first-order chi connectivity index (χ1) is 13.6. The number of aliphatic hydroxyl groups is 1. The normalized spacial score (nSPS) is 11.9. The SMILES string of the molecule is CC(C)(C)OC(=O)N(CCO)CCOc1no[n+]([O-])c1S(=O)(=O)c1ccccc1. The Hall–Kier alpha value is -2.86. The number of hydrogen-bond acceptors (Lipinski definition) is 9. The van der Waals surface area contributed by atoms with E-state index in [0.717, 1.165) is 0 Å². The van der Waals surface area contributed by atoms with Crippen molar-refractivity contribution in [1.82, 2.24) is 10.1 Å². The van der Waals surface area contributed by atoms with Crippen LogP contribution >= 0.6 is 0 Å². The predicted octanol–water partition coefficient (Wildman–Crippen LogP) is 0.749. The van der Waals surface area contributed by atoms with Crippen LogP contribution in [0.4, 0.5) is 4.79 Å². The van der Waals surface area contributed by atoms with Crippen LogP contribution in [0, 0.1) is 5.21 Å². The van der Waals surface area contributed by atoms with Crippen molar-refractivity contribution in [3.05, 3.63) is 35.5 Å². The van der Waals surface area contributed by atoms with Crippen LogP contribution in [0.15, 0.2) is 44.9 Å². The van der Waals surface area contributed by atoms with Crippen LogP contribution in [0.5, 0.6) is 5.88 Å². The molecule has 160 valence electrons. The van der Waals surface area contributed by atoms with E-state index in [1.807, 2.05) is 0 Å². The summed E-state index contributed by atoms with van der Waals surface area (Å²) < 4.78 is 40.3. The lowest BCUT2D eigenvalue weighted by atomic mass is 10.2. The van der Waals surface area contributed by atoms with Gasteiger partial charge in [0.25, 0.3) is 9.84 Å². The molecule has 0 radical (unpaired) electrons. The topological polar surface area (TPSA) is 146 Å². The first-order valence-corrected chi connectivity index (χ1v) is 10.2. The minimum Gasteiger partial charge on any atom is -0.453 e. The van der Waals surface area contributed by atoms with Crippen molar-refractivity contribution in [2.75, 3.05) is 26.3 Å². The summed E-state index contributed by atoms with van der Waals surface area (Å²) in [7, 11) is -4.23. The number of aromatic nitrogens is 2. The lowest BCUT2D eigenvalue weighted by molar-refractivity contribution is -0.832. The highest BCUT2D eigenvalue weighted by molar-refractivity contribution is 7.91. The third-order valence-corrected chi connectivity index (χ3v) is 5.20. The highest BCUT2D eigenvalue weighted by atomic mass is 32.2. The van der Waals surface area contributed by atoms with Crippen LogP contribution in [0.3, 0.4) is 0 Å². The van der Waals surface area contributed by atoms with E-state index in [2.05, 4.69) is 9.79 Å². The molecule has 0 atom stereocenters. The Labute approximate surface area is 167 Å². The largest absolute Gasteiger partial charge is 0.453 e. The van der Waals surface area contributed by atoms with Gasteiger partial charge in [-0.05, 0) is 37.8 Å². The molecule has 0 fully saturated rings. The van der Waals surface area contributed by atoms with Crippen molar-refractivity contribution < 1.29 is 37.3 Å². The molecule has 29 heavy (non-hydrogen) atoms. The molecule has 0 unspecified atom stereocenters. The van der Waals surface area contributed by atoms with E-state index in [1.165, 1.54) is 29.2 Å². The van der Waals surface area contributed by atoms with Crippen LogP contribution in [0.25, 0.3) is 0 Å². The summed E-state index contributed by atoms with van der Waals surface area (Å²) in [5, 5.41) is 23.5. The number of carbonyl (C=O) groups is 1. The molecular weight excluding hydrogens is 406 g/mol. The Kier molecular flexibility index (Phi) is 7.03. The van der Waals surface area contributed by atoms with Gasteiger partial charge in [-0.15, -0.1) is 0 Å². The summed E-state index contributed by atoms with van der Waals surface area (Å²) >= 11 is 0. The summed E-state index contributed by atoms with van der Waals surface area (Å²) in [6, 6.07) is 7.27. The van der Waals surface area contributed by atoms with Crippen LogP contribution in [-0.2, 0) is 14.6 Å². The maximum Gasteiger partial charge on any atom is 0.415 e. The van der Waals surface area contributed by atoms with E-state index in [9.17, 15) is 18.4 Å². The van der Waals surface area contributed by atoms with Gasteiger partial charge in [0, 0.05) is 6.54 Å². The zero-order valence-electron chi connectivity index (χ0n) is 16.3. The summed E-state index contributed by atoms with van der Waals surface area (Å²) in [5.74, 6) is -0.531. The standard InChI is InChI=1S/C17H23N3O8S/c1-17(2,3)27-16(22)19(9-11-21)10-12-26-14-15(20(23)28-18-14)29(24,25)13-7-5-4-6-8-13/h4-8,21H,9-12H2,1-3H3. The number of hydrogen-bond donors (Lipinski definition) is 1. The average molecular weight is 429 g/mol. The molecule has 1 aromatic carbocycles. The lowest BCUT2D eigenvalue weighted by Crippen LogP contribution is -2.40. The summed E-state index contributed by atoms with van der Waals surface area (Å²) in [6.45, 7) is 4.49. The summed E-state index contributed by atoms with van der Waals surface area (Å²) in [4.78, 5) is 13.0. The minimum absolute atomic E-state index is 0.0200. The number of carbonyl (C=O) groups excluding carboxylic acids is 1. The molecule has 0 bridgehead atoms. The van der Waals surface area contributed by atoms with E-state index in [-0.39, 0.29) is 36.1 Å². The van der Waals surface area contributed by atoms with Crippen molar-refractivity contribution in [2.45, 2.75) is 36.3 Å². The third kappa shape index (κ3) is 5.81. The van der Waals surface area contributed by atoms with Crippen molar-refractivity contribution in [1.29, 1.82) is 0 Å². The number of benzene rings is 1. The van der Waals surface area contributed by atoms with Gasteiger partial charge in [0.1, 0.15) is 12.2 Å². The molecule has 1 N–H and O–H groups in total. The van der Waals surface area contributed by atoms with E-state index in [1.54, 1.807) is 26.8 Å². The number of sulfone groups is 1. The van der Waals surface area contributed by atoms with Crippen molar-refractivity contribution in [3.63, 3.8) is 0 Å². The maximum atomic E-state index is 12.7. The second-order valence-electron chi connectivity index (χ2n) is 6.90. The minimum atomic E-state index is -4.23. The Morgan fingerprint density at radius 3 is 2.52 bits per heavy atom. The van der Waals surface area contributed by atoms with Crippen LogP contribution in [0.1, 0.15) is 20.8 Å². The monoisotopic (exact) mass is 429 g/mol. The van der Waals surface area contributed by atoms with Crippen molar-refractivity contribution >= 4 is 15.9 Å². The van der Waals surface area contributed by atoms with Gasteiger partial charge in [-0.3, -0.25) is 4.63 Å². The van der Waals surface area contributed by atoms with Gasteiger partial charge >= 0.3 is 17.0 Å². The van der Waals surface area contributed by atoms with Gasteiger partial charge < -0.3 is 24.7 Å². The first-order valence-electron chi connectivity index (χ1n) is 8.67. The second-order valence-corrected chi connectivity index (χ2v) is 8.76. The molecule has 0 aliphatic rings. The van der Waals surface area contributed by atoms with Crippen LogP contribution < -0.4 is 9.64 Å². The quantitative estimate of drug-likeness (QED) is 0.600. The number of aliphatic hydroxyl groups excluding tert-OH is 1. The zero-order valence-corrected chi connectivity index (χ0v) is 17.1. The van der Waals surface area contributed by atoms with Gasteiger partial charge in [0.2, 0.25) is 0 Å². The van der Waals surface area contributed by atoms with Gasteiger partial charge in [0.15, 0.2) is 0 Å². The van der Waals surface area contributed by atoms with Gasteiger partial charge in [-0.1, -0.05) is 18.2 Å². The van der Waals surface area contributed by atoms with E-state index in [4.69, 9.17) is 14.6 Å². The van der Waals surface area contributed by atoms with Gasteiger partial charge in [0.05, 0.1) is 23.2 Å². The smallest absolute Gasteiger partial charge is 0.415 e. The number of nitrogens with zero attached hydrogens (tertiary/aromatic N) is 3. The number of amides is 1. The molecule has 0 aliphatic heterocycles. The Balaban J connectivity index is 2.13. The Morgan fingerprint density at radius 2 is 1.93 bits per heavy atom. The predicted molar refractivity (Wildman–Crippen MR) is 97.7 cm³/mol. The fraction of sp³-hybridized carbons (Fsp3) is 0.471. The molecule has 1 heterocycles. The lowest BCUT2D eigenvalue weighted by Gasteiger charge is -2.26. The Bertz CT molecular complexity index is 922. The molecule has 11 nitrogen and oxygen atoms in total. The van der Waals surface area contributed by atoms with Crippen LogP contribution in [0.2, 0.25) is 0 Å². The molecule has 2 aromatic rings. The highest BCUT2D eigenvalue weighted by Gasteiger charge is 2.36. The molecule has 0 aliphatic carbocycles. The molecule has 0 spiro atoms. The fourth-order valence-electron chi connectivity index (χ4n) is 2.23. The van der Waals surface area contributed by atoms with Crippen LogP contribution in [-0.4, -0.2) is 61.6 Å². The van der Waals surface area contributed by atoms with Crippen molar-refractivity contribution in [3.8, 4) is 5.88 Å². The highest BCUT2D eigenvalue weighted by Crippen LogP contribution is 2.24. The van der Waals surface area contributed by atoms with Gasteiger partial charge in [-0.25, -0.2) is 13.2 Å². The van der Waals surface area contributed by atoms with E-state index >= 15 is 0 Å². The average Bonchev–Trinajstić information content (AvgIpc) is 3.01. The molecule has 0 saturated heterocycles.